The summed E-state index contributed by atoms with van der Waals surface area (Å²) in [5.41, 5.74) is -5.95. The number of methoxy groups -OCH3 is 2. The van der Waals surface area contributed by atoms with Crippen LogP contribution in [0, 0.1) is 11.8 Å². The second-order valence-electron chi connectivity index (χ2n) is 11.9. The van der Waals surface area contributed by atoms with E-state index in [1.54, 1.807) is 6.92 Å². The summed E-state index contributed by atoms with van der Waals surface area (Å²) >= 11 is 0. The number of fused-ring (bicyclic) bond motifs is 3. The van der Waals surface area contributed by atoms with E-state index in [-0.39, 0.29) is 41.0 Å². The molecule has 14 nitrogen and oxygen atoms in total. The molecule has 14 heteroatoms. The Labute approximate surface area is 261 Å². The van der Waals surface area contributed by atoms with Gasteiger partial charge in [-0.1, -0.05) is 13.8 Å². The summed E-state index contributed by atoms with van der Waals surface area (Å²) < 4.78 is 27.1. The number of esters is 3. The minimum Gasteiger partial charge on any atom is -0.506 e. The van der Waals surface area contributed by atoms with Crippen LogP contribution in [0.25, 0.3) is 16.9 Å². The largest absolute Gasteiger partial charge is 0.506 e. The lowest BCUT2D eigenvalue weighted by Gasteiger charge is -2.45. The number of aliphatic hydroxyl groups excluding tert-OH is 2. The normalized spacial score (nSPS) is 29.9. The summed E-state index contributed by atoms with van der Waals surface area (Å²) in [6, 6.07) is 5.07. The van der Waals surface area contributed by atoms with Crippen molar-refractivity contribution in [2.45, 2.75) is 56.5 Å². The number of aliphatic hydroxyl groups is 2. The third-order valence-electron chi connectivity index (χ3n) is 9.16. The van der Waals surface area contributed by atoms with E-state index in [2.05, 4.69) is 0 Å². The van der Waals surface area contributed by atoms with Crippen LogP contribution in [0.3, 0.4) is 0 Å². The summed E-state index contributed by atoms with van der Waals surface area (Å²) in [5, 5.41) is 45.1. The van der Waals surface area contributed by atoms with Crippen LogP contribution in [-0.4, -0.2) is 87.5 Å². The number of phenols is 2. The van der Waals surface area contributed by atoms with Gasteiger partial charge >= 0.3 is 17.9 Å². The highest BCUT2D eigenvalue weighted by Gasteiger charge is 2.63. The van der Waals surface area contributed by atoms with Crippen molar-refractivity contribution in [2.75, 3.05) is 14.2 Å². The quantitative estimate of drug-likeness (QED) is 0.279. The van der Waals surface area contributed by atoms with E-state index >= 15 is 0 Å². The van der Waals surface area contributed by atoms with Crippen LogP contribution in [0.15, 0.2) is 29.8 Å². The number of cyclic esters (lactones) is 1. The highest BCUT2D eigenvalue weighted by atomic mass is 16.6. The van der Waals surface area contributed by atoms with E-state index in [4.69, 9.17) is 23.7 Å². The number of benzene rings is 2. The number of hydrogen-bond acceptors (Lipinski definition) is 14. The van der Waals surface area contributed by atoms with Gasteiger partial charge in [-0.25, -0.2) is 9.59 Å². The van der Waals surface area contributed by atoms with Gasteiger partial charge in [0.25, 0.3) is 5.60 Å². The maximum atomic E-state index is 13.6. The van der Waals surface area contributed by atoms with Crippen molar-refractivity contribution in [2.24, 2.45) is 11.8 Å². The van der Waals surface area contributed by atoms with Gasteiger partial charge in [0.05, 0.1) is 32.6 Å². The Morgan fingerprint density at radius 3 is 1.96 bits per heavy atom. The molecule has 1 saturated carbocycles. The van der Waals surface area contributed by atoms with Crippen molar-refractivity contribution in [3.63, 3.8) is 0 Å². The van der Waals surface area contributed by atoms with Crippen molar-refractivity contribution >= 4 is 35.2 Å². The van der Waals surface area contributed by atoms with E-state index in [0.717, 1.165) is 14.2 Å². The standard InChI is InChI=1S/C32H30O14/c1-12-9-16(33)23-26(38)22-19(46-32(23,27(12)39)30(41)43-4)8-6-15(25(22)37)14-5-7-18-21(24(14)36)17(34)11-31(45-18,29(40)42-3)28-13(2)10-20(35)44-28/h5-8,12-13,27-28,36-39H,9-11H2,1-4H3/t12-,13+,27-,28+,31+,32+/m1/s1. The van der Waals surface area contributed by atoms with Crippen LogP contribution in [-0.2, 0) is 33.4 Å². The average Bonchev–Trinajstić information content (AvgIpc) is 3.36. The lowest BCUT2D eigenvalue weighted by Crippen LogP contribution is -2.64. The van der Waals surface area contributed by atoms with Gasteiger partial charge < -0.3 is 44.1 Å². The van der Waals surface area contributed by atoms with Crippen LogP contribution in [0.5, 0.6) is 23.0 Å². The minimum atomic E-state index is -2.40. The molecule has 0 bridgehead atoms. The van der Waals surface area contributed by atoms with Crippen LogP contribution in [0.2, 0.25) is 0 Å². The second kappa shape index (κ2) is 10.5. The van der Waals surface area contributed by atoms with E-state index in [0.29, 0.717) is 0 Å². The third-order valence-corrected chi connectivity index (χ3v) is 9.16. The predicted molar refractivity (Wildman–Crippen MR) is 153 cm³/mol. The first-order chi connectivity index (χ1) is 21.7. The van der Waals surface area contributed by atoms with Crippen LogP contribution >= 0.6 is 0 Å². The van der Waals surface area contributed by atoms with Crippen LogP contribution < -0.4 is 9.47 Å². The van der Waals surface area contributed by atoms with Crippen molar-refractivity contribution in [3.8, 4) is 34.1 Å². The van der Waals surface area contributed by atoms with E-state index in [1.165, 1.54) is 31.2 Å². The topological polar surface area (TPSA) is 212 Å². The molecule has 1 aliphatic carbocycles. The molecule has 46 heavy (non-hydrogen) atoms. The zero-order valence-corrected chi connectivity index (χ0v) is 25.1. The lowest BCUT2D eigenvalue weighted by atomic mass is 9.69. The van der Waals surface area contributed by atoms with Gasteiger partial charge in [0.15, 0.2) is 17.7 Å². The van der Waals surface area contributed by atoms with E-state index < -0.39 is 99.5 Å². The molecule has 3 heterocycles. The average molecular weight is 639 g/mol. The highest BCUT2D eigenvalue weighted by Crippen LogP contribution is 2.54. The molecule has 1 saturated heterocycles. The molecule has 242 valence electrons. The van der Waals surface area contributed by atoms with E-state index in [1.807, 2.05) is 0 Å². The first kappa shape index (κ1) is 30.9. The van der Waals surface area contributed by atoms with Crippen LogP contribution in [0.4, 0.5) is 0 Å². The van der Waals surface area contributed by atoms with Gasteiger partial charge in [0.1, 0.15) is 46.0 Å². The fourth-order valence-corrected chi connectivity index (χ4v) is 7.00. The Bertz CT molecular complexity index is 1770. The van der Waals surface area contributed by atoms with Gasteiger partial charge in [0, 0.05) is 23.5 Å². The Morgan fingerprint density at radius 2 is 1.39 bits per heavy atom. The van der Waals surface area contributed by atoms with Gasteiger partial charge in [-0.05, 0) is 30.2 Å². The second-order valence-corrected chi connectivity index (χ2v) is 11.9. The summed E-state index contributed by atoms with van der Waals surface area (Å²) in [4.78, 5) is 64.8. The SMILES string of the molecule is COC(=O)[C@]12Oc3ccc(-c4ccc5c(c4O)C(=O)C[C@@](C(=O)OC)([C@H]4OC(=O)C[C@@H]4C)O5)c(O)c3C(O)=C1C(=O)C[C@@H](C)[C@H]2O. The summed E-state index contributed by atoms with van der Waals surface area (Å²) in [6.07, 6.45) is -3.62. The highest BCUT2D eigenvalue weighted by molar-refractivity contribution is 6.13. The van der Waals surface area contributed by atoms with Gasteiger partial charge in [-0.3, -0.25) is 14.4 Å². The predicted octanol–water partition coefficient (Wildman–Crippen LogP) is 2.14. The number of ketones is 2. The number of carbonyl (C=O) groups excluding carboxylic acids is 5. The van der Waals surface area contributed by atoms with Gasteiger partial charge in [0.2, 0.25) is 5.60 Å². The van der Waals surface area contributed by atoms with Gasteiger partial charge in [-0.2, -0.15) is 0 Å². The van der Waals surface area contributed by atoms with Crippen molar-refractivity contribution in [1.29, 1.82) is 0 Å². The molecule has 3 aliphatic heterocycles. The molecule has 2 aromatic rings. The molecule has 4 aliphatic rings. The van der Waals surface area contributed by atoms with Gasteiger partial charge in [-0.15, -0.1) is 0 Å². The number of carbonyl (C=O) groups is 5. The van der Waals surface area contributed by atoms with Crippen molar-refractivity contribution < 1.29 is 68.1 Å². The minimum absolute atomic E-state index is 0.00728. The molecule has 0 unspecified atom stereocenters. The van der Waals surface area contributed by atoms with Crippen LogP contribution in [0.1, 0.15) is 49.0 Å². The summed E-state index contributed by atoms with van der Waals surface area (Å²) in [6.45, 7) is 3.19. The molecule has 6 atom stereocenters. The monoisotopic (exact) mass is 638 g/mol. The zero-order valence-electron chi connectivity index (χ0n) is 25.1. The Kier molecular flexibility index (Phi) is 7.04. The first-order valence-electron chi connectivity index (χ1n) is 14.4. The molecular formula is C32H30O14. The van der Waals surface area contributed by atoms with E-state index in [9.17, 15) is 44.4 Å². The number of Topliss-reactive ketones (excluding diaryl/α,β-unsaturated/α-hetero) is 2. The number of aromatic hydroxyl groups is 2. The Hall–Kier alpha value is -5.11. The molecule has 0 aromatic heterocycles. The first-order valence-corrected chi connectivity index (χ1v) is 14.4. The molecule has 0 radical (unpaired) electrons. The number of rotatable bonds is 4. The molecule has 0 spiro atoms. The third kappa shape index (κ3) is 4.02. The van der Waals surface area contributed by atoms with Crippen molar-refractivity contribution in [1.82, 2.24) is 0 Å². The lowest BCUT2D eigenvalue weighted by molar-refractivity contribution is -0.177. The molecule has 6 rings (SSSR count). The Morgan fingerprint density at radius 1 is 0.804 bits per heavy atom. The smallest absolute Gasteiger partial charge is 0.358 e. The molecule has 2 aromatic carbocycles. The van der Waals surface area contributed by atoms with Crippen molar-refractivity contribution in [3.05, 3.63) is 41.0 Å². The number of phenolic OH excluding ortho intramolecular Hbond substituents is 2. The molecule has 4 N–H and O–H groups in total. The molecule has 2 fully saturated rings. The molecule has 0 amide bonds. The zero-order chi connectivity index (χ0) is 33.5. The summed E-state index contributed by atoms with van der Waals surface area (Å²) in [7, 11) is 2.13. The fraction of sp³-hybridized carbons (Fsp3) is 0.406. The molecular weight excluding hydrogens is 608 g/mol. The Balaban J connectivity index is 1.47. The maximum absolute atomic E-state index is 13.6. The number of hydrogen-bond donors (Lipinski definition) is 4. The summed E-state index contributed by atoms with van der Waals surface area (Å²) in [5.74, 6) is -7.99. The number of ether oxygens (including phenoxy) is 5. The maximum Gasteiger partial charge on any atom is 0.358 e. The fourth-order valence-electron chi connectivity index (χ4n) is 7.00.